The van der Waals surface area contributed by atoms with Crippen LogP contribution in [-0.2, 0) is 9.53 Å². The highest BCUT2D eigenvalue weighted by molar-refractivity contribution is 5.76. The number of methoxy groups -OCH3 is 1. The molecule has 0 spiro atoms. The summed E-state index contributed by atoms with van der Waals surface area (Å²) in [7, 11) is 1.43. The summed E-state index contributed by atoms with van der Waals surface area (Å²) in [6, 6.07) is -0.0640. The van der Waals surface area contributed by atoms with Crippen LogP contribution in [-0.4, -0.2) is 37.1 Å². The number of ether oxygens (including phenoxy) is 1. The van der Waals surface area contributed by atoms with Gasteiger partial charge in [0.05, 0.1) is 13.7 Å². The maximum absolute atomic E-state index is 11.3. The summed E-state index contributed by atoms with van der Waals surface area (Å²) in [6.45, 7) is 3.44. The Hall–Kier alpha value is -1.01. The molecule has 1 aliphatic heterocycles. The second-order valence-electron chi connectivity index (χ2n) is 3.08. The van der Waals surface area contributed by atoms with Gasteiger partial charge in [-0.15, -0.1) is 5.92 Å². The van der Waals surface area contributed by atoms with E-state index in [1.165, 1.54) is 7.11 Å². The highest BCUT2D eigenvalue weighted by Crippen LogP contribution is 2.17. The van der Waals surface area contributed by atoms with Gasteiger partial charge in [-0.25, -0.2) is 0 Å². The number of hydrogen-bond donors (Lipinski definition) is 0. The molecule has 0 aromatic heterocycles. The van der Waals surface area contributed by atoms with Crippen molar-refractivity contribution in [3.8, 4) is 11.8 Å². The Morgan fingerprint density at radius 3 is 3.08 bits per heavy atom. The van der Waals surface area contributed by atoms with Crippen molar-refractivity contribution in [3.63, 3.8) is 0 Å². The molecular formula is C10H15NO2. The second-order valence-corrected chi connectivity index (χ2v) is 3.08. The largest absolute Gasteiger partial charge is 0.468 e. The van der Waals surface area contributed by atoms with Crippen LogP contribution in [0.5, 0.6) is 0 Å². The Labute approximate surface area is 79.1 Å². The van der Waals surface area contributed by atoms with E-state index in [9.17, 15) is 4.79 Å². The summed E-state index contributed by atoms with van der Waals surface area (Å²) in [4.78, 5) is 13.3. The number of esters is 1. The van der Waals surface area contributed by atoms with Gasteiger partial charge in [0.15, 0.2) is 0 Å². The molecule has 0 aromatic carbocycles. The molecule has 1 heterocycles. The topological polar surface area (TPSA) is 29.5 Å². The SMILES string of the molecule is CC#CCN1CCC[C@H]1C(=O)OC. The van der Waals surface area contributed by atoms with Gasteiger partial charge in [0, 0.05) is 6.54 Å². The van der Waals surface area contributed by atoms with Crippen LogP contribution in [0.4, 0.5) is 0 Å². The van der Waals surface area contributed by atoms with E-state index in [2.05, 4.69) is 16.7 Å². The van der Waals surface area contributed by atoms with E-state index in [0.29, 0.717) is 6.54 Å². The first-order valence-corrected chi connectivity index (χ1v) is 4.51. The van der Waals surface area contributed by atoms with Crippen LogP contribution in [0.25, 0.3) is 0 Å². The third kappa shape index (κ3) is 2.46. The van der Waals surface area contributed by atoms with Gasteiger partial charge in [0.1, 0.15) is 6.04 Å². The lowest BCUT2D eigenvalue weighted by Gasteiger charge is -2.19. The summed E-state index contributed by atoms with van der Waals surface area (Å²) < 4.78 is 4.72. The predicted octanol–water partition coefficient (Wildman–Crippen LogP) is 0.647. The molecule has 1 rings (SSSR count). The molecule has 0 N–H and O–H groups in total. The van der Waals surface area contributed by atoms with Crippen molar-refractivity contribution in [2.75, 3.05) is 20.2 Å². The number of carbonyl (C=O) groups excluding carboxylic acids is 1. The Balaban J connectivity index is 2.51. The highest BCUT2D eigenvalue weighted by atomic mass is 16.5. The van der Waals surface area contributed by atoms with Gasteiger partial charge in [-0.05, 0) is 19.8 Å². The fourth-order valence-corrected chi connectivity index (χ4v) is 1.60. The van der Waals surface area contributed by atoms with Gasteiger partial charge < -0.3 is 4.74 Å². The van der Waals surface area contributed by atoms with E-state index in [1.54, 1.807) is 0 Å². The molecule has 1 fully saturated rings. The Morgan fingerprint density at radius 1 is 1.69 bits per heavy atom. The molecule has 13 heavy (non-hydrogen) atoms. The zero-order valence-corrected chi connectivity index (χ0v) is 8.17. The minimum Gasteiger partial charge on any atom is -0.468 e. The average Bonchev–Trinajstić information content (AvgIpc) is 2.61. The number of rotatable bonds is 2. The smallest absolute Gasteiger partial charge is 0.323 e. The molecular weight excluding hydrogens is 166 g/mol. The van der Waals surface area contributed by atoms with Crippen molar-refractivity contribution in [2.45, 2.75) is 25.8 Å². The highest BCUT2D eigenvalue weighted by Gasteiger charge is 2.30. The van der Waals surface area contributed by atoms with Gasteiger partial charge in [0.2, 0.25) is 0 Å². The van der Waals surface area contributed by atoms with Gasteiger partial charge in [-0.3, -0.25) is 9.69 Å². The summed E-state index contributed by atoms with van der Waals surface area (Å²) in [5, 5.41) is 0. The maximum atomic E-state index is 11.3. The zero-order chi connectivity index (χ0) is 9.68. The molecule has 0 amide bonds. The van der Waals surface area contributed by atoms with Crippen LogP contribution < -0.4 is 0 Å². The fraction of sp³-hybridized carbons (Fsp3) is 0.700. The molecule has 0 bridgehead atoms. The minimum atomic E-state index is -0.129. The molecule has 0 aliphatic carbocycles. The Kier molecular flexibility index (Phi) is 3.78. The minimum absolute atomic E-state index is 0.0640. The molecule has 0 aromatic rings. The molecule has 3 nitrogen and oxygen atoms in total. The average molecular weight is 181 g/mol. The number of nitrogens with zero attached hydrogens (tertiary/aromatic N) is 1. The third-order valence-electron chi connectivity index (χ3n) is 2.30. The van der Waals surface area contributed by atoms with Crippen LogP contribution in [0.2, 0.25) is 0 Å². The van der Waals surface area contributed by atoms with Crippen molar-refractivity contribution in [3.05, 3.63) is 0 Å². The summed E-state index contributed by atoms with van der Waals surface area (Å²) in [6.07, 6.45) is 1.96. The van der Waals surface area contributed by atoms with E-state index in [-0.39, 0.29) is 12.0 Å². The van der Waals surface area contributed by atoms with Crippen molar-refractivity contribution >= 4 is 5.97 Å². The molecule has 1 atom stereocenters. The van der Waals surface area contributed by atoms with Crippen molar-refractivity contribution in [1.29, 1.82) is 0 Å². The normalized spacial score (nSPS) is 22.2. The van der Waals surface area contributed by atoms with E-state index >= 15 is 0 Å². The lowest BCUT2D eigenvalue weighted by Crippen LogP contribution is -2.36. The molecule has 1 aliphatic rings. The Morgan fingerprint density at radius 2 is 2.46 bits per heavy atom. The molecule has 3 heteroatoms. The summed E-state index contributed by atoms with van der Waals surface area (Å²) >= 11 is 0. The summed E-state index contributed by atoms with van der Waals surface area (Å²) in [5.74, 6) is 5.67. The van der Waals surface area contributed by atoms with Crippen LogP contribution in [0, 0.1) is 11.8 Å². The fourth-order valence-electron chi connectivity index (χ4n) is 1.60. The lowest BCUT2D eigenvalue weighted by molar-refractivity contribution is -0.145. The van der Waals surface area contributed by atoms with Gasteiger partial charge >= 0.3 is 5.97 Å². The third-order valence-corrected chi connectivity index (χ3v) is 2.30. The summed E-state index contributed by atoms with van der Waals surface area (Å²) in [5.41, 5.74) is 0. The van der Waals surface area contributed by atoms with Crippen LogP contribution in [0.15, 0.2) is 0 Å². The van der Waals surface area contributed by atoms with Gasteiger partial charge in [0.25, 0.3) is 0 Å². The van der Waals surface area contributed by atoms with Crippen molar-refractivity contribution in [1.82, 2.24) is 4.90 Å². The first-order valence-electron chi connectivity index (χ1n) is 4.51. The molecule has 72 valence electrons. The van der Waals surface area contributed by atoms with E-state index < -0.39 is 0 Å². The Bertz CT molecular complexity index is 239. The molecule has 0 saturated carbocycles. The van der Waals surface area contributed by atoms with E-state index in [1.807, 2.05) is 6.92 Å². The first-order chi connectivity index (χ1) is 6.29. The standard InChI is InChI=1S/C10H15NO2/c1-3-4-7-11-8-5-6-9(11)10(12)13-2/h9H,5-8H2,1-2H3/t9-/m0/s1. The molecule has 0 unspecified atom stereocenters. The van der Waals surface area contributed by atoms with Gasteiger partial charge in [-0.1, -0.05) is 5.92 Å². The van der Waals surface area contributed by atoms with Gasteiger partial charge in [-0.2, -0.15) is 0 Å². The number of likely N-dealkylation sites (tertiary alicyclic amines) is 1. The van der Waals surface area contributed by atoms with E-state index in [4.69, 9.17) is 4.74 Å². The maximum Gasteiger partial charge on any atom is 0.323 e. The lowest BCUT2D eigenvalue weighted by atomic mass is 10.2. The first kappa shape index (κ1) is 10.1. The zero-order valence-electron chi connectivity index (χ0n) is 8.17. The number of carbonyl (C=O) groups is 1. The predicted molar refractivity (Wildman–Crippen MR) is 50.1 cm³/mol. The van der Waals surface area contributed by atoms with Crippen LogP contribution >= 0.6 is 0 Å². The quantitative estimate of drug-likeness (QED) is 0.462. The monoisotopic (exact) mass is 181 g/mol. The number of hydrogen-bond acceptors (Lipinski definition) is 3. The molecule has 0 radical (unpaired) electrons. The molecule has 1 saturated heterocycles. The van der Waals surface area contributed by atoms with Crippen LogP contribution in [0.3, 0.4) is 0 Å². The van der Waals surface area contributed by atoms with Crippen molar-refractivity contribution < 1.29 is 9.53 Å². The van der Waals surface area contributed by atoms with E-state index in [0.717, 1.165) is 19.4 Å². The van der Waals surface area contributed by atoms with Crippen molar-refractivity contribution in [2.24, 2.45) is 0 Å². The second kappa shape index (κ2) is 4.88. The van der Waals surface area contributed by atoms with Crippen LogP contribution in [0.1, 0.15) is 19.8 Å².